The lowest BCUT2D eigenvalue weighted by Crippen LogP contribution is -2.32. The minimum Gasteiger partial charge on any atom is -0.360 e. The maximum Gasteiger partial charge on any atom is 0.267 e. The van der Waals surface area contributed by atoms with Crippen LogP contribution in [0.3, 0.4) is 0 Å². The first kappa shape index (κ1) is 17.6. The van der Waals surface area contributed by atoms with Crippen LogP contribution in [0.1, 0.15) is 40.6 Å². The van der Waals surface area contributed by atoms with Crippen molar-refractivity contribution in [1.82, 2.24) is 9.88 Å². The van der Waals surface area contributed by atoms with Gasteiger partial charge in [0.05, 0.1) is 9.77 Å². The quantitative estimate of drug-likeness (QED) is 0.828. The average Bonchev–Trinajstić information content (AvgIpc) is 3.04. The Labute approximate surface area is 139 Å². The highest BCUT2D eigenvalue weighted by atomic mass is 32.2. The summed E-state index contributed by atoms with van der Waals surface area (Å²) in [4.78, 5) is 13.2. The number of hydrogen-bond donors (Lipinski definition) is 2. The number of aryl methyl sites for hydroxylation is 2. The SMILES string of the molecule is CC[C@@H](C)NS(=O)(=O)c1cc(C(=O)Nc2cc(C)on2)sc1C. The van der Waals surface area contributed by atoms with E-state index in [2.05, 4.69) is 15.2 Å². The molecule has 0 unspecified atom stereocenters. The van der Waals surface area contributed by atoms with Crippen LogP contribution >= 0.6 is 11.3 Å². The van der Waals surface area contributed by atoms with Gasteiger partial charge in [0.15, 0.2) is 5.82 Å². The molecule has 0 aliphatic carbocycles. The van der Waals surface area contributed by atoms with Gasteiger partial charge < -0.3 is 9.84 Å². The van der Waals surface area contributed by atoms with Crippen LogP contribution in [-0.4, -0.2) is 25.5 Å². The molecule has 0 aliphatic heterocycles. The summed E-state index contributed by atoms with van der Waals surface area (Å²) >= 11 is 1.12. The van der Waals surface area contributed by atoms with E-state index in [4.69, 9.17) is 4.52 Å². The molecule has 7 nitrogen and oxygen atoms in total. The Bertz CT molecular complexity index is 808. The van der Waals surface area contributed by atoms with Gasteiger partial charge in [0.1, 0.15) is 5.76 Å². The normalized spacial score (nSPS) is 13.0. The lowest BCUT2D eigenvalue weighted by atomic mass is 10.3. The van der Waals surface area contributed by atoms with Crippen molar-refractivity contribution in [3.05, 3.63) is 27.6 Å². The van der Waals surface area contributed by atoms with Crippen LogP contribution in [0.25, 0.3) is 0 Å². The third-order valence-corrected chi connectivity index (χ3v) is 6.12. The fourth-order valence-corrected chi connectivity index (χ4v) is 4.67. The average molecular weight is 357 g/mol. The minimum atomic E-state index is -3.64. The molecule has 2 aromatic rings. The molecule has 0 aromatic carbocycles. The first-order valence-corrected chi connectivity index (χ1v) is 9.40. The molecule has 0 saturated carbocycles. The number of rotatable bonds is 6. The van der Waals surface area contributed by atoms with Gasteiger partial charge >= 0.3 is 0 Å². The molecule has 2 heterocycles. The van der Waals surface area contributed by atoms with Gasteiger partial charge in [-0.1, -0.05) is 12.1 Å². The van der Waals surface area contributed by atoms with E-state index in [-0.39, 0.29) is 10.9 Å². The van der Waals surface area contributed by atoms with E-state index in [1.54, 1.807) is 26.8 Å². The Hall–Kier alpha value is -1.71. The molecule has 0 spiro atoms. The number of carbonyl (C=O) groups is 1. The molecule has 1 amide bonds. The van der Waals surface area contributed by atoms with Crippen LogP contribution in [0.15, 0.2) is 21.6 Å². The molecule has 9 heteroatoms. The summed E-state index contributed by atoms with van der Waals surface area (Å²) in [7, 11) is -3.64. The summed E-state index contributed by atoms with van der Waals surface area (Å²) in [5.41, 5.74) is 0. The molecule has 126 valence electrons. The smallest absolute Gasteiger partial charge is 0.267 e. The van der Waals surface area contributed by atoms with E-state index in [0.717, 1.165) is 11.3 Å². The molecule has 0 aliphatic rings. The van der Waals surface area contributed by atoms with Gasteiger partial charge in [-0.25, -0.2) is 13.1 Å². The molecule has 0 bridgehead atoms. The van der Waals surface area contributed by atoms with Crippen LogP contribution in [-0.2, 0) is 10.0 Å². The van der Waals surface area contributed by atoms with Crippen molar-refractivity contribution < 1.29 is 17.7 Å². The van der Waals surface area contributed by atoms with Crippen molar-refractivity contribution in [2.45, 2.75) is 45.1 Å². The standard InChI is InChI=1S/C14H19N3O4S2/c1-5-8(2)17-23(19,20)12-7-11(22-10(12)4)14(18)15-13-6-9(3)21-16-13/h6-8,17H,5H2,1-4H3,(H,15,16,18)/t8-/m1/s1. The largest absolute Gasteiger partial charge is 0.360 e. The molecular weight excluding hydrogens is 338 g/mol. The number of thiophene rings is 1. The van der Waals surface area contributed by atoms with E-state index >= 15 is 0 Å². The van der Waals surface area contributed by atoms with Gasteiger partial charge in [-0.2, -0.15) is 0 Å². The van der Waals surface area contributed by atoms with Crippen LogP contribution < -0.4 is 10.0 Å². The van der Waals surface area contributed by atoms with E-state index in [1.807, 2.05) is 6.92 Å². The van der Waals surface area contributed by atoms with E-state index in [9.17, 15) is 13.2 Å². The number of aromatic nitrogens is 1. The van der Waals surface area contributed by atoms with Crippen molar-refractivity contribution >= 4 is 33.1 Å². The topological polar surface area (TPSA) is 101 Å². The fourth-order valence-electron chi connectivity index (χ4n) is 1.86. The number of sulfonamides is 1. The van der Waals surface area contributed by atoms with Crippen molar-refractivity contribution in [3.8, 4) is 0 Å². The van der Waals surface area contributed by atoms with Crippen molar-refractivity contribution in [3.63, 3.8) is 0 Å². The van der Waals surface area contributed by atoms with Crippen molar-refractivity contribution in [2.75, 3.05) is 5.32 Å². The fraction of sp³-hybridized carbons (Fsp3) is 0.429. The lowest BCUT2D eigenvalue weighted by molar-refractivity contribution is 0.102. The second kappa shape index (κ2) is 6.81. The maximum absolute atomic E-state index is 12.4. The zero-order valence-electron chi connectivity index (χ0n) is 13.3. The number of anilines is 1. The van der Waals surface area contributed by atoms with Gasteiger partial charge in [0, 0.05) is 17.0 Å². The van der Waals surface area contributed by atoms with Crippen LogP contribution in [0, 0.1) is 13.8 Å². The highest BCUT2D eigenvalue weighted by Crippen LogP contribution is 2.26. The molecule has 2 aromatic heterocycles. The molecule has 0 fully saturated rings. The molecule has 2 rings (SSSR count). The minimum absolute atomic E-state index is 0.129. The van der Waals surface area contributed by atoms with Crippen LogP contribution in [0.4, 0.5) is 5.82 Å². The monoisotopic (exact) mass is 357 g/mol. The Morgan fingerprint density at radius 2 is 2.09 bits per heavy atom. The third kappa shape index (κ3) is 4.18. The van der Waals surface area contributed by atoms with Gasteiger partial charge in [0.2, 0.25) is 10.0 Å². The molecule has 2 N–H and O–H groups in total. The third-order valence-electron chi connectivity index (χ3n) is 3.22. The lowest BCUT2D eigenvalue weighted by Gasteiger charge is -2.11. The van der Waals surface area contributed by atoms with Crippen LogP contribution in [0.2, 0.25) is 0 Å². The number of nitrogens with one attached hydrogen (secondary N) is 2. The summed E-state index contributed by atoms with van der Waals surface area (Å²) in [6.45, 7) is 7.07. The van der Waals surface area contributed by atoms with E-state index in [1.165, 1.54) is 6.07 Å². The first-order valence-electron chi connectivity index (χ1n) is 7.10. The first-order chi connectivity index (χ1) is 10.7. The second-order valence-electron chi connectivity index (χ2n) is 5.24. The summed E-state index contributed by atoms with van der Waals surface area (Å²) < 4.78 is 32.2. The Morgan fingerprint density at radius 1 is 1.39 bits per heavy atom. The molecular formula is C14H19N3O4S2. The summed E-state index contributed by atoms with van der Waals surface area (Å²) in [6, 6.07) is 2.79. The van der Waals surface area contributed by atoms with E-state index < -0.39 is 15.9 Å². The van der Waals surface area contributed by atoms with Crippen molar-refractivity contribution in [1.29, 1.82) is 0 Å². The summed E-state index contributed by atoms with van der Waals surface area (Å²) in [5, 5.41) is 6.25. The van der Waals surface area contributed by atoms with E-state index in [0.29, 0.717) is 27.8 Å². The Morgan fingerprint density at radius 3 is 2.65 bits per heavy atom. The van der Waals surface area contributed by atoms with Gasteiger partial charge in [-0.15, -0.1) is 11.3 Å². The second-order valence-corrected chi connectivity index (χ2v) is 8.18. The summed E-state index contributed by atoms with van der Waals surface area (Å²) in [6.07, 6.45) is 0.682. The molecule has 0 saturated heterocycles. The van der Waals surface area contributed by atoms with Gasteiger partial charge in [-0.3, -0.25) is 4.79 Å². The maximum atomic E-state index is 12.4. The number of hydrogen-bond acceptors (Lipinski definition) is 6. The van der Waals surface area contributed by atoms with Gasteiger partial charge in [0.25, 0.3) is 5.91 Å². The molecule has 0 radical (unpaired) electrons. The highest BCUT2D eigenvalue weighted by Gasteiger charge is 2.23. The zero-order chi connectivity index (χ0) is 17.2. The Kier molecular flexibility index (Phi) is 5.23. The van der Waals surface area contributed by atoms with Crippen LogP contribution in [0.5, 0.6) is 0 Å². The Balaban J connectivity index is 2.22. The highest BCUT2D eigenvalue weighted by molar-refractivity contribution is 7.89. The predicted octanol–water partition coefficient (Wildman–Crippen LogP) is 2.68. The molecule has 23 heavy (non-hydrogen) atoms. The molecule has 1 atom stereocenters. The van der Waals surface area contributed by atoms with Gasteiger partial charge in [-0.05, 0) is 33.3 Å². The predicted molar refractivity (Wildman–Crippen MR) is 88.3 cm³/mol. The van der Waals surface area contributed by atoms with Crippen molar-refractivity contribution in [2.24, 2.45) is 0 Å². The number of carbonyl (C=O) groups excluding carboxylic acids is 1. The number of amides is 1. The number of nitrogens with zero attached hydrogens (tertiary/aromatic N) is 1. The summed E-state index contributed by atoms with van der Waals surface area (Å²) in [5.74, 6) is 0.445. The zero-order valence-corrected chi connectivity index (χ0v) is 15.0.